The quantitative estimate of drug-likeness (QED) is 0.501. The lowest BCUT2D eigenvalue weighted by molar-refractivity contribution is -0.384. The molecule has 0 N–H and O–H groups in total. The zero-order valence-electron chi connectivity index (χ0n) is 12.0. The Morgan fingerprint density at radius 2 is 1.96 bits per heavy atom. The minimum atomic E-state index is -4.51. The molecule has 7 nitrogen and oxygen atoms in total. The maximum atomic E-state index is 12.5. The van der Waals surface area contributed by atoms with Gasteiger partial charge in [0.15, 0.2) is 0 Å². The van der Waals surface area contributed by atoms with Crippen molar-refractivity contribution in [1.29, 1.82) is 0 Å². The van der Waals surface area contributed by atoms with E-state index in [0.717, 1.165) is 18.2 Å². The van der Waals surface area contributed by atoms with Gasteiger partial charge in [0.05, 0.1) is 21.1 Å². The van der Waals surface area contributed by atoms with Gasteiger partial charge in [0.2, 0.25) is 5.82 Å². The van der Waals surface area contributed by atoms with Gasteiger partial charge in [0, 0.05) is 18.3 Å². The van der Waals surface area contributed by atoms with Crippen molar-refractivity contribution in [3.05, 3.63) is 57.2 Å². The summed E-state index contributed by atoms with van der Waals surface area (Å²) in [5.74, 6) is -0.198. The maximum absolute atomic E-state index is 12.5. The van der Waals surface area contributed by atoms with Gasteiger partial charge in [-0.2, -0.15) is 18.2 Å². The third-order valence-electron chi connectivity index (χ3n) is 3.14. The first-order chi connectivity index (χ1) is 11.8. The molecule has 3 aromatic rings. The maximum Gasteiger partial charge on any atom is 0.417 e. The van der Waals surface area contributed by atoms with Crippen LogP contribution in [0.1, 0.15) is 5.56 Å². The van der Waals surface area contributed by atoms with Gasteiger partial charge in [-0.05, 0) is 18.2 Å². The zero-order valence-corrected chi connectivity index (χ0v) is 12.7. The minimum Gasteiger partial charge on any atom is -0.333 e. The van der Waals surface area contributed by atoms with Crippen LogP contribution in [0, 0.1) is 10.1 Å². The number of rotatable bonds is 3. The molecule has 0 aliphatic rings. The molecule has 0 fully saturated rings. The summed E-state index contributed by atoms with van der Waals surface area (Å²) in [6.45, 7) is 0. The molecule has 3 rings (SSSR count). The highest BCUT2D eigenvalue weighted by Gasteiger charge is 2.31. The first kappa shape index (κ1) is 16.8. The average Bonchev–Trinajstić information content (AvgIpc) is 3.04. The van der Waals surface area contributed by atoms with Crippen molar-refractivity contribution in [1.82, 2.24) is 15.1 Å². The molecule has 2 heterocycles. The van der Waals surface area contributed by atoms with Crippen molar-refractivity contribution in [3.63, 3.8) is 0 Å². The van der Waals surface area contributed by atoms with E-state index in [-0.39, 0.29) is 33.7 Å². The number of non-ortho nitro benzene ring substituents is 1. The van der Waals surface area contributed by atoms with Gasteiger partial charge in [-0.3, -0.25) is 15.1 Å². The fraction of sp³-hybridized carbons (Fsp3) is 0.0714. The summed E-state index contributed by atoms with van der Waals surface area (Å²) in [4.78, 5) is 17.8. The molecule has 25 heavy (non-hydrogen) atoms. The van der Waals surface area contributed by atoms with Gasteiger partial charge in [-0.25, -0.2) is 0 Å². The van der Waals surface area contributed by atoms with Crippen LogP contribution in [-0.2, 0) is 6.18 Å². The molecule has 128 valence electrons. The van der Waals surface area contributed by atoms with Gasteiger partial charge >= 0.3 is 6.18 Å². The Morgan fingerprint density at radius 3 is 2.56 bits per heavy atom. The molecule has 0 bridgehead atoms. The molecule has 0 spiro atoms. The monoisotopic (exact) mass is 370 g/mol. The zero-order chi connectivity index (χ0) is 18.2. The van der Waals surface area contributed by atoms with Crippen LogP contribution in [0.5, 0.6) is 0 Å². The van der Waals surface area contributed by atoms with Gasteiger partial charge in [-0.1, -0.05) is 16.8 Å². The van der Waals surface area contributed by atoms with Crippen LogP contribution in [0.25, 0.3) is 23.0 Å². The second-order valence-corrected chi connectivity index (χ2v) is 5.18. The van der Waals surface area contributed by atoms with Crippen LogP contribution in [0.3, 0.4) is 0 Å². The summed E-state index contributed by atoms with van der Waals surface area (Å²) in [7, 11) is 0. The number of aromatic nitrogens is 3. The minimum absolute atomic E-state index is 0.0459. The second kappa shape index (κ2) is 6.13. The van der Waals surface area contributed by atoms with Gasteiger partial charge in [0.25, 0.3) is 11.6 Å². The summed E-state index contributed by atoms with van der Waals surface area (Å²) < 4.78 is 42.6. The molecule has 0 aliphatic heterocycles. The number of pyridine rings is 1. The van der Waals surface area contributed by atoms with E-state index in [1.54, 1.807) is 0 Å². The van der Waals surface area contributed by atoms with Crippen molar-refractivity contribution in [2.75, 3.05) is 0 Å². The third kappa shape index (κ3) is 3.43. The number of benzene rings is 1. The standard InChI is InChI=1S/C14H6ClF3N4O3/c15-10-3-2-8(22(23)24)5-9(10)13-20-12(21-25-13)11-4-1-7(6-19-11)14(16,17)18/h1-6H. The molecule has 11 heteroatoms. The number of hydrogen-bond donors (Lipinski definition) is 0. The van der Waals surface area contributed by atoms with Crippen molar-refractivity contribution in [2.45, 2.75) is 6.18 Å². The summed E-state index contributed by atoms with van der Waals surface area (Å²) in [6.07, 6.45) is -3.86. The Hall–Kier alpha value is -3.01. The van der Waals surface area contributed by atoms with Gasteiger partial charge in [-0.15, -0.1) is 0 Å². The van der Waals surface area contributed by atoms with E-state index in [1.807, 2.05) is 0 Å². The van der Waals surface area contributed by atoms with E-state index in [9.17, 15) is 23.3 Å². The van der Waals surface area contributed by atoms with Gasteiger partial charge in [0.1, 0.15) is 5.69 Å². The Labute approximate surface area is 142 Å². The smallest absolute Gasteiger partial charge is 0.333 e. The summed E-state index contributed by atoms with van der Waals surface area (Å²) >= 11 is 5.97. The molecule has 0 unspecified atom stereocenters. The highest BCUT2D eigenvalue weighted by atomic mass is 35.5. The Morgan fingerprint density at radius 1 is 1.20 bits per heavy atom. The van der Waals surface area contributed by atoms with Crippen molar-refractivity contribution < 1.29 is 22.6 Å². The topological polar surface area (TPSA) is 95.0 Å². The van der Waals surface area contributed by atoms with E-state index in [1.165, 1.54) is 12.1 Å². The highest BCUT2D eigenvalue weighted by Crippen LogP contribution is 2.32. The first-order valence-electron chi connectivity index (χ1n) is 6.57. The van der Waals surface area contributed by atoms with Crippen LogP contribution in [0.4, 0.5) is 18.9 Å². The number of halogens is 4. The first-order valence-corrected chi connectivity index (χ1v) is 6.95. The van der Waals surface area contributed by atoms with Crippen LogP contribution in [0.2, 0.25) is 5.02 Å². The van der Waals surface area contributed by atoms with E-state index in [0.29, 0.717) is 6.20 Å². The highest BCUT2D eigenvalue weighted by molar-refractivity contribution is 6.33. The molecule has 0 aliphatic carbocycles. The SMILES string of the molecule is O=[N+]([O-])c1ccc(Cl)c(-c2nc(-c3ccc(C(F)(F)F)cn3)no2)c1. The number of alkyl halides is 3. The Kier molecular flexibility index (Phi) is 4.13. The van der Waals surface area contributed by atoms with Gasteiger partial charge < -0.3 is 4.52 Å². The fourth-order valence-electron chi connectivity index (χ4n) is 1.92. The van der Waals surface area contributed by atoms with E-state index >= 15 is 0 Å². The van der Waals surface area contributed by atoms with E-state index in [2.05, 4.69) is 15.1 Å². The molecule has 2 aromatic heterocycles. The number of nitrogens with zero attached hydrogens (tertiary/aromatic N) is 4. The molecule has 0 atom stereocenters. The lowest BCUT2D eigenvalue weighted by Crippen LogP contribution is -2.05. The number of nitro benzene ring substituents is 1. The molecular formula is C14H6ClF3N4O3. The molecule has 0 amide bonds. The van der Waals surface area contributed by atoms with Crippen molar-refractivity contribution in [3.8, 4) is 23.0 Å². The number of nitro groups is 1. The van der Waals surface area contributed by atoms with Crippen LogP contribution in [-0.4, -0.2) is 20.0 Å². The van der Waals surface area contributed by atoms with E-state index in [4.69, 9.17) is 16.1 Å². The number of hydrogen-bond acceptors (Lipinski definition) is 6. The predicted octanol–water partition coefficient (Wildman–Crippen LogP) is 4.38. The molecule has 0 saturated carbocycles. The average molecular weight is 371 g/mol. The van der Waals surface area contributed by atoms with Crippen LogP contribution >= 0.6 is 11.6 Å². The third-order valence-corrected chi connectivity index (χ3v) is 3.47. The Balaban J connectivity index is 1.96. The fourth-order valence-corrected chi connectivity index (χ4v) is 2.12. The Bertz CT molecular complexity index is 941. The normalized spacial score (nSPS) is 11.5. The van der Waals surface area contributed by atoms with Crippen molar-refractivity contribution >= 4 is 17.3 Å². The summed E-state index contributed by atoms with van der Waals surface area (Å²) in [5, 5.41) is 14.6. The van der Waals surface area contributed by atoms with Crippen molar-refractivity contribution in [2.24, 2.45) is 0 Å². The molecule has 1 aromatic carbocycles. The lowest BCUT2D eigenvalue weighted by atomic mass is 10.2. The summed E-state index contributed by atoms with van der Waals surface area (Å²) in [6, 6.07) is 5.58. The van der Waals surface area contributed by atoms with Crippen LogP contribution < -0.4 is 0 Å². The second-order valence-electron chi connectivity index (χ2n) is 4.77. The van der Waals surface area contributed by atoms with Crippen LogP contribution in [0.15, 0.2) is 41.1 Å². The largest absolute Gasteiger partial charge is 0.417 e. The van der Waals surface area contributed by atoms with E-state index < -0.39 is 16.7 Å². The predicted molar refractivity (Wildman–Crippen MR) is 79.6 cm³/mol. The molecule has 0 radical (unpaired) electrons. The lowest BCUT2D eigenvalue weighted by Gasteiger charge is -2.05. The molecule has 0 saturated heterocycles. The summed E-state index contributed by atoms with van der Waals surface area (Å²) in [5.41, 5.74) is -0.973. The molecular weight excluding hydrogens is 365 g/mol.